The molecule has 3 N–H and O–H groups in total. The lowest BCUT2D eigenvalue weighted by Gasteiger charge is -2.27. The highest BCUT2D eigenvalue weighted by Gasteiger charge is 2.21. The number of aryl methyl sites for hydroxylation is 2. The highest BCUT2D eigenvalue weighted by Crippen LogP contribution is 2.26. The molecule has 0 aliphatic rings. The van der Waals surface area contributed by atoms with E-state index in [1.54, 1.807) is 13.8 Å². The van der Waals surface area contributed by atoms with Crippen LogP contribution in [0.2, 0.25) is 0 Å². The molecule has 5 nitrogen and oxygen atoms in total. The summed E-state index contributed by atoms with van der Waals surface area (Å²) in [4.78, 5) is 1.96. The van der Waals surface area contributed by atoms with Crippen LogP contribution in [-0.2, 0) is 6.54 Å². The van der Waals surface area contributed by atoms with Gasteiger partial charge in [-0.2, -0.15) is 5.10 Å². The van der Waals surface area contributed by atoms with E-state index in [4.69, 9.17) is 5.73 Å². The van der Waals surface area contributed by atoms with Crippen molar-refractivity contribution in [3.63, 3.8) is 0 Å². The van der Waals surface area contributed by atoms with E-state index in [0.717, 1.165) is 24.5 Å². The third-order valence-corrected chi connectivity index (χ3v) is 2.57. The molecule has 0 radical (unpaired) electrons. The van der Waals surface area contributed by atoms with Gasteiger partial charge in [0.15, 0.2) is 5.82 Å². The van der Waals surface area contributed by atoms with E-state index in [9.17, 15) is 5.11 Å². The molecule has 0 atom stereocenters. The Kier molecular flexibility index (Phi) is 4.03. The number of aromatic nitrogens is 2. The van der Waals surface area contributed by atoms with E-state index in [-0.39, 0.29) is 0 Å². The number of hydrogen-bond acceptors (Lipinski definition) is 4. The standard InChI is InChI=1S/C12H24N4O/c1-6-7-16-11(10(13)9(2)14-16)15(5)8-12(3,4)17/h17H,6-8,13H2,1-5H3. The second-order valence-electron chi connectivity index (χ2n) is 5.21. The van der Waals surface area contributed by atoms with Gasteiger partial charge in [-0.05, 0) is 27.2 Å². The Hall–Kier alpha value is -1.23. The van der Waals surface area contributed by atoms with Gasteiger partial charge in [-0.3, -0.25) is 0 Å². The zero-order valence-corrected chi connectivity index (χ0v) is 11.5. The first-order valence-corrected chi connectivity index (χ1v) is 6.02. The molecule has 1 rings (SSSR count). The Bertz CT molecular complexity index is 379. The van der Waals surface area contributed by atoms with Gasteiger partial charge >= 0.3 is 0 Å². The van der Waals surface area contributed by atoms with Gasteiger partial charge in [0, 0.05) is 20.1 Å². The average molecular weight is 240 g/mol. The van der Waals surface area contributed by atoms with E-state index in [2.05, 4.69) is 12.0 Å². The molecule has 0 bridgehead atoms. The largest absolute Gasteiger partial charge is 0.394 e. The second kappa shape index (κ2) is 4.96. The van der Waals surface area contributed by atoms with E-state index >= 15 is 0 Å². The number of nitrogens with zero attached hydrogens (tertiary/aromatic N) is 3. The van der Waals surface area contributed by atoms with Crippen LogP contribution in [0.4, 0.5) is 11.5 Å². The first-order valence-electron chi connectivity index (χ1n) is 6.02. The summed E-state index contributed by atoms with van der Waals surface area (Å²) in [5.41, 5.74) is 6.84. The molecule has 0 spiro atoms. The van der Waals surface area contributed by atoms with Crippen molar-refractivity contribution < 1.29 is 5.11 Å². The maximum Gasteiger partial charge on any atom is 0.150 e. The lowest BCUT2D eigenvalue weighted by molar-refractivity contribution is 0.0883. The predicted molar refractivity (Wildman–Crippen MR) is 71.2 cm³/mol. The molecule has 0 aromatic carbocycles. The van der Waals surface area contributed by atoms with Gasteiger partial charge in [-0.25, -0.2) is 4.68 Å². The molecule has 5 heteroatoms. The smallest absolute Gasteiger partial charge is 0.150 e. The van der Waals surface area contributed by atoms with E-state index < -0.39 is 5.60 Å². The van der Waals surface area contributed by atoms with Crippen LogP contribution < -0.4 is 10.6 Å². The summed E-state index contributed by atoms with van der Waals surface area (Å²) in [5, 5.41) is 14.3. The van der Waals surface area contributed by atoms with Gasteiger partial charge in [0.1, 0.15) is 0 Å². The predicted octanol–water partition coefficient (Wildman–Crippen LogP) is 1.39. The summed E-state index contributed by atoms with van der Waals surface area (Å²) >= 11 is 0. The monoisotopic (exact) mass is 240 g/mol. The highest BCUT2D eigenvalue weighted by molar-refractivity contribution is 5.66. The minimum Gasteiger partial charge on any atom is -0.394 e. The summed E-state index contributed by atoms with van der Waals surface area (Å²) in [6.07, 6.45) is 1.00. The summed E-state index contributed by atoms with van der Waals surface area (Å²) < 4.78 is 1.91. The number of rotatable bonds is 5. The molecule has 98 valence electrons. The molecule has 1 aromatic rings. The van der Waals surface area contributed by atoms with Crippen LogP contribution in [0.3, 0.4) is 0 Å². The number of likely N-dealkylation sites (N-methyl/N-ethyl adjacent to an activating group) is 1. The number of nitrogen functional groups attached to an aromatic ring is 1. The SMILES string of the molecule is CCCn1nc(C)c(N)c1N(C)CC(C)(C)O. The molecule has 1 aromatic heterocycles. The Labute approximate surface area is 103 Å². The van der Waals surface area contributed by atoms with E-state index in [1.165, 1.54) is 0 Å². The van der Waals surface area contributed by atoms with Gasteiger partial charge in [-0.15, -0.1) is 0 Å². The minimum absolute atomic E-state index is 0.520. The lowest BCUT2D eigenvalue weighted by atomic mass is 10.1. The maximum atomic E-state index is 9.86. The first-order chi connectivity index (χ1) is 7.76. The van der Waals surface area contributed by atoms with Crippen LogP contribution in [0.15, 0.2) is 0 Å². The van der Waals surface area contributed by atoms with Gasteiger partial charge in [-0.1, -0.05) is 6.92 Å². The number of aliphatic hydroxyl groups is 1. The van der Waals surface area contributed by atoms with Crippen LogP contribution >= 0.6 is 0 Å². The van der Waals surface area contributed by atoms with Crippen molar-refractivity contribution in [3.8, 4) is 0 Å². The molecular weight excluding hydrogens is 216 g/mol. The summed E-state index contributed by atoms with van der Waals surface area (Å²) in [5.74, 6) is 0.895. The van der Waals surface area contributed by atoms with Gasteiger partial charge < -0.3 is 15.7 Å². The van der Waals surface area contributed by atoms with Crippen molar-refractivity contribution in [3.05, 3.63) is 5.69 Å². The van der Waals surface area contributed by atoms with Crippen LogP contribution in [0.1, 0.15) is 32.9 Å². The third-order valence-electron chi connectivity index (χ3n) is 2.57. The normalized spacial score (nSPS) is 11.9. The summed E-state index contributed by atoms with van der Waals surface area (Å²) in [7, 11) is 1.93. The van der Waals surface area contributed by atoms with Gasteiger partial charge in [0.2, 0.25) is 0 Å². The molecule has 0 saturated carbocycles. The van der Waals surface area contributed by atoms with Gasteiger partial charge in [0.25, 0.3) is 0 Å². The molecule has 0 aliphatic heterocycles. The fraction of sp³-hybridized carbons (Fsp3) is 0.750. The van der Waals surface area contributed by atoms with E-state index in [0.29, 0.717) is 12.2 Å². The van der Waals surface area contributed by atoms with Gasteiger partial charge in [0.05, 0.1) is 17.0 Å². The van der Waals surface area contributed by atoms with Crippen molar-refractivity contribution >= 4 is 11.5 Å². The summed E-state index contributed by atoms with van der Waals surface area (Å²) in [6.45, 7) is 8.94. The van der Waals surface area contributed by atoms with Crippen molar-refractivity contribution in [2.24, 2.45) is 0 Å². The first kappa shape index (κ1) is 13.8. The van der Waals surface area contributed by atoms with Crippen molar-refractivity contribution in [1.82, 2.24) is 9.78 Å². The Balaban J connectivity index is 3.02. The Morgan fingerprint density at radius 1 is 1.47 bits per heavy atom. The molecular formula is C12H24N4O. The van der Waals surface area contributed by atoms with Crippen LogP contribution in [0.5, 0.6) is 0 Å². The molecule has 0 aliphatic carbocycles. The molecule has 0 amide bonds. The molecule has 17 heavy (non-hydrogen) atoms. The average Bonchev–Trinajstić information content (AvgIpc) is 2.40. The minimum atomic E-state index is -0.754. The van der Waals surface area contributed by atoms with Crippen molar-refractivity contribution in [1.29, 1.82) is 0 Å². The lowest BCUT2D eigenvalue weighted by Crippen LogP contribution is -2.37. The molecule has 0 saturated heterocycles. The third kappa shape index (κ3) is 3.36. The highest BCUT2D eigenvalue weighted by atomic mass is 16.3. The maximum absolute atomic E-state index is 9.86. The number of anilines is 2. The topological polar surface area (TPSA) is 67.3 Å². The number of nitrogens with two attached hydrogens (primary N) is 1. The Morgan fingerprint density at radius 2 is 2.06 bits per heavy atom. The van der Waals surface area contributed by atoms with Crippen molar-refractivity contribution in [2.75, 3.05) is 24.2 Å². The van der Waals surface area contributed by atoms with Crippen LogP contribution in [0, 0.1) is 6.92 Å². The quantitative estimate of drug-likeness (QED) is 0.816. The second-order valence-corrected chi connectivity index (χ2v) is 5.21. The fourth-order valence-electron chi connectivity index (χ4n) is 2.01. The zero-order chi connectivity index (χ0) is 13.2. The van der Waals surface area contributed by atoms with Crippen LogP contribution in [0.25, 0.3) is 0 Å². The zero-order valence-electron chi connectivity index (χ0n) is 11.5. The van der Waals surface area contributed by atoms with E-state index in [1.807, 2.05) is 23.6 Å². The molecule has 0 fully saturated rings. The Morgan fingerprint density at radius 3 is 2.53 bits per heavy atom. The number of hydrogen-bond donors (Lipinski definition) is 2. The molecule has 1 heterocycles. The fourth-order valence-corrected chi connectivity index (χ4v) is 2.01. The molecule has 0 unspecified atom stereocenters. The van der Waals surface area contributed by atoms with Crippen LogP contribution in [-0.4, -0.2) is 34.1 Å². The van der Waals surface area contributed by atoms with Crippen molar-refractivity contribution in [2.45, 2.75) is 46.3 Å². The summed E-state index contributed by atoms with van der Waals surface area (Å²) in [6, 6.07) is 0.